The van der Waals surface area contributed by atoms with Gasteiger partial charge in [0.25, 0.3) is 0 Å². The van der Waals surface area contributed by atoms with Gasteiger partial charge in [0.2, 0.25) is 5.88 Å². The monoisotopic (exact) mass is 534 g/mol. The van der Waals surface area contributed by atoms with Crippen molar-refractivity contribution in [3.8, 4) is 17.4 Å². The van der Waals surface area contributed by atoms with Crippen molar-refractivity contribution in [2.75, 3.05) is 26.6 Å². The lowest BCUT2D eigenvalue weighted by atomic mass is 10.2. The smallest absolute Gasteiger partial charge is 0.218 e. The molecule has 0 aliphatic carbocycles. The van der Waals surface area contributed by atoms with E-state index in [1.54, 1.807) is 27.5 Å². The molecule has 0 unspecified atom stereocenters. The number of aliphatic imine (C=N–C) groups is 1. The van der Waals surface area contributed by atoms with Crippen molar-refractivity contribution in [2.45, 2.75) is 13.2 Å². The van der Waals surface area contributed by atoms with E-state index in [1.807, 2.05) is 60.7 Å². The minimum absolute atomic E-state index is 0. The third kappa shape index (κ3) is 7.02. The van der Waals surface area contributed by atoms with Crippen LogP contribution in [0.5, 0.6) is 17.4 Å². The molecular weight excluding hydrogens is 507 g/mol. The molecule has 3 aromatic rings. The second-order valence-electron chi connectivity index (χ2n) is 6.36. The summed E-state index contributed by atoms with van der Waals surface area (Å²) in [6.45, 7) is 0.967. The third-order valence-electron chi connectivity index (χ3n) is 4.38. The summed E-state index contributed by atoms with van der Waals surface area (Å²) in [5.41, 5.74) is 2.85. The number of halogens is 1. The maximum atomic E-state index is 5.92. The average molecular weight is 534 g/mol. The van der Waals surface area contributed by atoms with Gasteiger partial charge in [-0.15, -0.1) is 24.0 Å². The fourth-order valence-electron chi connectivity index (χ4n) is 2.82. The fraction of sp³-hybridized carbons (Fsp3) is 0.217. The Labute approximate surface area is 199 Å². The largest absolute Gasteiger partial charge is 0.493 e. The van der Waals surface area contributed by atoms with Crippen LogP contribution in [0.1, 0.15) is 11.1 Å². The van der Waals surface area contributed by atoms with Gasteiger partial charge in [-0.3, -0.25) is 4.99 Å². The molecule has 31 heavy (non-hydrogen) atoms. The van der Waals surface area contributed by atoms with Gasteiger partial charge in [0, 0.05) is 37.1 Å². The zero-order valence-corrected chi connectivity index (χ0v) is 20.1. The van der Waals surface area contributed by atoms with Crippen LogP contribution < -0.4 is 24.8 Å². The van der Waals surface area contributed by atoms with Crippen LogP contribution in [0.25, 0.3) is 0 Å². The standard InChI is InChI=1S/C23H26N4O3.HI/c1-24-23(27-19-11-12-20(28-2)21(14-19)29-3)26-15-18-10-7-13-25-22(18)30-16-17-8-5-4-6-9-17;/h4-14H,15-16H2,1-3H3,(H2,24,26,27);1H. The number of ether oxygens (including phenoxy) is 3. The Bertz CT molecular complexity index is 984. The van der Waals surface area contributed by atoms with E-state index < -0.39 is 0 Å². The third-order valence-corrected chi connectivity index (χ3v) is 4.38. The van der Waals surface area contributed by atoms with Crippen LogP contribution in [0.2, 0.25) is 0 Å². The van der Waals surface area contributed by atoms with Crippen LogP contribution in [0.15, 0.2) is 71.9 Å². The Kier molecular flexibility index (Phi) is 9.89. The number of hydrogen-bond donors (Lipinski definition) is 2. The molecule has 0 saturated heterocycles. The normalized spacial score (nSPS) is 10.6. The lowest BCUT2D eigenvalue weighted by Crippen LogP contribution is -2.30. The molecule has 8 heteroatoms. The number of aromatic nitrogens is 1. The summed E-state index contributed by atoms with van der Waals surface area (Å²) in [6, 6.07) is 19.5. The first kappa shape index (κ1) is 24.3. The van der Waals surface area contributed by atoms with E-state index >= 15 is 0 Å². The minimum atomic E-state index is 0. The molecule has 1 heterocycles. The van der Waals surface area contributed by atoms with E-state index in [0.29, 0.717) is 36.5 Å². The first-order chi connectivity index (χ1) is 14.7. The second-order valence-corrected chi connectivity index (χ2v) is 6.36. The first-order valence-corrected chi connectivity index (χ1v) is 9.53. The molecule has 7 nitrogen and oxygen atoms in total. The van der Waals surface area contributed by atoms with Crippen molar-refractivity contribution < 1.29 is 14.2 Å². The van der Waals surface area contributed by atoms with Gasteiger partial charge in [-0.1, -0.05) is 36.4 Å². The minimum Gasteiger partial charge on any atom is -0.493 e. The van der Waals surface area contributed by atoms with Crippen LogP contribution >= 0.6 is 24.0 Å². The van der Waals surface area contributed by atoms with E-state index in [4.69, 9.17) is 14.2 Å². The highest BCUT2D eigenvalue weighted by molar-refractivity contribution is 14.0. The van der Waals surface area contributed by atoms with E-state index in [-0.39, 0.29) is 24.0 Å². The highest BCUT2D eigenvalue weighted by Crippen LogP contribution is 2.29. The van der Waals surface area contributed by atoms with Crippen molar-refractivity contribution in [3.63, 3.8) is 0 Å². The second kappa shape index (κ2) is 12.6. The number of hydrogen-bond acceptors (Lipinski definition) is 5. The maximum absolute atomic E-state index is 5.92. The average Bonchev–Trinajstić information content (AvgIpc) is 2.81. The Morgan fingerprint density at radius 3 is 2.45 bits per heavy atom. The molecule has 0 amide bonds. The number of benzene rings is 2. The topological polar surface area (TPSA) is 77.0 Å². The molecule has 0 bridgehead atoms. The number of guanidine groups is 1. The molecule has 0 fully saturated rings. The molecular formula is C23H27IN4O3. The summed E-state index contributed by atoms with van der Waals surface area (Å²) < 4.78 is 16.5. The summed E-state index contributed by atoms with van der Waals surface area (Å²) >= 11 is 0. The molecule has 0 radical (unpaired) electrons. The van der Waals surface area contributed by atoms with Crippen LogP contribution in [0.3, 0.4) is 0 Å². The first-order valence-electron chi connectivity index (χ1n) is 9.53. The zero-order valence-electron chi connectivity index (χ0n) is 17.8. The van der Waals surface area contributed by atoms with Crippen LogP contribution in [-0.4, -0.2) is 32.2 Å². The summed E-state index contributed by atoms with van der Waals surface area (Å²) in [7, 11) is 4.93. The highest BCUT2D eigenvalue weighted by atomic mass is 127. The predicted molar refractivity (Wildman–Crippen MR) is 134 cm³/mol. The summed E-state index contributed by atoms with van der Waals surface area (Å²) in [5.74, 6) is 2.51. The van der Waals surface area contributed by atoms with Crippen molar-refractivity contribution in [1.29, 1.82) is 0 Å². The molecule has 1 aromatic heterocycles. The van der Waals surface area contributed by atoms with E-state index in [9.17, 15) is 0 Å². The van der Waals surface area contributed by atoms with Crippen LogP contribution in [-0.2, 0) is 13.2 Å². The zero-order chi connectivity index (χ0) is 21.2. The van der Waals surface area contributed by atoms with Gasteiger partial charge < -0.3 is 24.8 Å². The van der Waals surface area contributed by atoms with Gasteiger partial charge in [0.05, 0.1) is 14.2 Å². The number of pyridine rings is 1. The molecule has 0 aliphatic rings. The van der Waals surface area contributed by atoms with Gasteiger partial charge in [0.1, 0.15) is 6.61 Å². The van der Waals surface area contributed by atoms with Crippen molar-refractivity contribution >= 4 is 35.6 Å². The Balaban J connectivity index is 0.00000341. The Morgan fingerprint density at radius 1 is 0.968 bits per heavy atom. The summed E-state index contributed by atoms with van der Waals surface area (Å²) in [6.07, 6.45) is 1.72. The summed E-state index contributed by atoms with van der Waals surface area (Å²) in [5, 5.41) is 6.53. The lowest BCUT2D eigenvalue weighted by Gasteiger charge is -2.15. The fourth-order valence-corrected chi connectivity index (χ4v) is 2.82. The number of nitrogens with zero attached hydrogens (tertiary/aromatic N) is 2. The Morgan fingerprint density at radius 2 is 1.74 bits per heavy atom. The molecule has 164 valence electrons. The van der Waals surface area contributed by atoms with Crippen molar-refractivity contribution in [1.82, 2.24) is 10.3 Å². The van der Waals surface area contributed by atoms with Crippen LogP contribution in [0.4, 0.5) is 5.69 Å². The van der Waals surface area contributed by atoms with E-state index in [1.165, 1.54) is 0 Å². The van der Waals surface area contributed by atoms with Gasteiger partial charge >= 0.3 is 0 Å². The molecule has 0 saturated carbocycles. The summed E-state index contributed by atoms with van der Waals surface area (Å²) in [4.78, 5) is 8.65. The number of rotatable bonds is 8. The molecule has 0 aliphatic heterocycles. The highest BCUT2D eigenvalue weighted by Gasteiger charge is 2.09. The van der Waals surface area contributed by atoms with Gasteiger partial charge in [0.15, 0.2) is 17.5 Å². The molecule has 0 atom stereocenters. The Hall–Kier alpha value is -3.01. The molecule has 2 aromatic carbocycles. The maximum Gasteiger partial charge on any atom is 0.218 e. The molecule has 2 N–H and O–H groups in total. The van der Waals surface area contributed by atoms with Gasteiger partial charge in [-0.05, 0) is 23.8 Å². The molecule has 0 spiro atoms. The van der Waals surface area contributed by atoms with Crippen molar-refractivity contribution in [3.05, 3.63) is 78.0 Å². The van der Waals surface area contributed by atoms with Crippen molar-refractivity contribution in [2.24, 2.45) is 4.99 Å². The number of nitrogens with one attached hydrogen (secondary N) is 2. The number of anilines is 1. The van der Waals surface area contributed by atoms with Crippen LogP contribution in [0, 0.1) is 0 Å². The van der Waals surface area contributed by atoms with Gasteiger partial charge in [-0.25, -0.2) is 4.98 Å². The SMILES string of the molecule is CN=C(NCc1cccnc1OCc1ccccc1)Nc1ccc(OC)c(OC)c1.I. The lowest BCUT2D eigenvalue weighted by molar-refractivity contribution is 0.290. The van der Waals surface area contributed by atoms with Gasteiger partial charge in [-0.2, -0.15) is 0 Å². The predicted octanol–water partition coefficient (Wildman–Crippen LogP) is 4.48. The molecule has 3 rings (SSSR count). The van der Waals surface area contributed by atoms with E-state index in [0.717, 1.165) is 16.8 Å². The quantitative estimate of drug-likeness (QED) is 0.252. The number of methoxy groups -OCH3 is 2. The van der Waals surface area contributed by atoms with E-state index in [2.05, 4.69) is 20.6 Å².